The summed E-state index contributed by atoms with van der Waals surface area (Å²) >= 11 is 0. The molecule has 0 amide bonds. The Morgan fingerprint density at radius 1 is 0.286 bits per heavy atom. The predicted octanol–water partition coefficient (Wildman–Crippen LogP) is 16.6. The predicted molar refractivity (Wildman–Crippen MR) is 247 cm³/mol. The molecular formula is C56H46. The molecule has 0 radical (unpaired) electrons. The lowest BCUT2D eigenvalue weighted by molar-refractivity contribution is 0.870. The Balaban J connectivity index is 1.27. The monoisotopic (exact) mass is 718 g/mol. The van der Waals surface area contributed by atoms with Crippen LogP contribution in [0.25, 0.3) is 108 Å². The van der Waals surface area contributed by atoms with Crippen molar-refractivity contribution in [2.75, 3.05) is 0 Å². The van der Waals surface area contributed by atoms with Crippen molar-refractivity contribution in [3.05, 3.63) is 155 Å². The Morgan fingerprint density at radius 3 is 0.982 bits per heavy atom. The number of hydrogen-bond acceptors (Lipinski definition) is 0. The molecule has 11 aromatic carbocycles. The van der Waals surface area contributed by atoms with E-state index >= 15 is 0 Å². The van der Waals surface area contributed by atoms with E-state index in [2.05, 4.69) is 177 Å². The molecule has 0 aromatic heterocycles. The van der Waals surface area contributed by atoms with Crippen molar-refractivity contribution in [1.82, 2.24) is 0 Å². The van der Waals surface area contributed by atoms with Crippen LogP contribution >= 0.6 is 0 Å². The average Bonchev–Trinajstić information content (AvgIpc) is 3.68. The Morgan fingerprint density at radius 2 is 0.607 bits per heavy atom. The van der Waals surface area contributed by atoms with Gasteiger partial charge in [0.15, 0.2) is 0 Å². The number of fused-ring (bicyclic) bond motifs is 11. The fourth-order valence-electron chi connectivity index (χ4n) is 10.1. The Bertz CT molecular complexity index is 3210. The second-order valence-electron chi connectivity index (χ2n) is 17.6. The highest BCUT2D eigenvalue weighted by Crippen LogP contribution is 2.49. The van der Waals surface area contributed by atoms with E-state index < -0.39 is 0 Å². The molecular weight excluding hydrogens is 673 g/mol. The van der Waals surface area contributed by atoms with Crippen LogP contribution in [0, 0.1) is 27.7 Å². The van der Waals surface area contributed by atoms with Crippen molar-refractivity contribution >= 4 is 86.2 Å². The summed E-state index contributed by atoms with van der Waals surface area (Å²) in [6.45, 7) is 18.2. The van der Waals surface area contributed by atoms with Crippen LogP contribution in [-0.4, -0.2) is 0 Å². The molecule has 0 spiro atoms. The SMILES string of the molecule is Cc1ccc(C)c(-c2ccc3c(c2)c2cc(C(C)C)cc4c5ccc6c(cc7c8ccc(-c9cc(C)ccc9C)cc8c8cc(C(C)C)cc6c87)c5cc3c42)c1. The molecule has 270 valence electrons. The summed E-state index contributed by atoms with van der Waals surface area (Å²) < 4.78 is 0. The molecule has 11 aromatic rings. The third-order valence-corrected chi connectivity index (χ3v) is 13.2. The zero-order chi connectivity index (χ0) is 38.3. The molecule has 0 aliphatic rings. The fraction of sp³-hybridized carbons (Fsp3) is 0.179. The normalized spacial score (nSPS) is 12.6. The highest BCUT2D eigenvalue weighted by molar-refractivity contribution is 6.40. The van der Waals surface area contributed by atoms with Crippen LogP contribution in [0.3, 0.4) is 0 Å². The van der Waals surface area contributed by atoms with Crippen LogP contribution in [0.2, 0.25) is 0 Å². The molecule has 0 unspecified atom stereocenters. The standard InChI is InChI=1S/C56H46/c1-29(2)37-23-49-41-17-18-42-48(47(41)27-53-39-15-13-35(21-45(39)51(25-37)55(49)53)43-19-31(5)9-11-33(43)7)28-54-40-16-14-36(44-20-32(6)10-12-34(44)8)22-46(40)52-26-38(30(3)4)24-50(42)56(52)54/h9-30H,1-8H3. The second kappa shape index (κ2) is 11.8. The first-order valence-corrected chi connectivity index (χ1v) is 20.5. The van der Waals surface area contributed by atoms with Gasteiger partial charge in [-0.3, -0.25) is 0 Å². The Hall–Kier alpha value is -5.98. The summed E-state index contributed by atoms with van der Waals surface area (Å²) in [5, 5.41) is 21.8. The maximum absolute atomic E-state index is 2.53. The fourth-order valence-corrected chi connectivity index (χ4v) is 10.1. The number of benzene rings is 9. The van der Waals surface area contributed by atoms with Crippen molar-refractivity contribution in [3.8, 4) is 22.3 Å². The molecule has 0 heteroatoms. The summed E-state index contributed by atoms with van der Waals surface area (Å²) in [7, 11) is 0. The maximum Gasteiger partial charge on any atom is -0.00197 e. The topological polar surface area (TPSA) is 0 Å². The van der Waals surface area contributed by atoms with E-state index in [4.69, 9.17) is 0 Å². The zero-order valence-corrected chi connectivity index (χ0v) is 33.7. The Kier molecular flexibility index (Phi) is 7.01. The average molecular weight is 719 g/mol. The minimum absolute atomic E-state index is 0.420. The van der Waals surface area contributed by atoms with Gasteiger partial charge in [0.25, 0.3) is 0 Å². The van der Waals surface area contributed by atoms with Gasteiger partial charge in [0.1, 0.15) is 0 Å². The van der Waals surface area contributed by atoms with Gasteiger partial charge in [-0.2, -0.15) is 0 Å². The molecule has 0 nitrogen and oxygen atoms in total. The lowest BCUT2D eigenvalue weighted by Gasteiger charge is -2.15. The lowest BCUT2D eigenvalue weighted by atomic mass is 9.89. The number of aryl methyl sites for hydroxylation is 4. The molecule has 0 aliphatic carbocycles. The first-order chi connectivity index (χ1) is 27.0. The van der Waals surface area contributed by atoms with Gasteiger partial charge in [0, 0.05) is 0 Å². The van der Waals surface area contributed by atoms with Gasteiger partial charge < -0.3 is 0 Å². The van der Waals surface area contributed by atoms with Crippen molar-refractivity contribution < 1.29 is 0 Å². The quantitative estimate of drug-likeness (QED) is 0.159. The third-order valence-electron chi connectivity index (χ3n) is 13.2. The molecule has 0 saturated carbocycles. The van der Waals surface area contributed by atoms with Crippen LogP contribution in [0.5, 0.6) is 0 Å². The van der Waals surface area contributed by atoms with Crippen LogP contribution in [-0.2, 0) is 0 Å². The minimum Gasteiger partial charge on any atom is -0.0590 e. The minimum atomic E-state index is 0.420. The summed E-state index contributed by atoms with van der Waals surface area (Å²) in [6.07, 6.45) is 0. The molecule has 0 fully saturated rings. The van der Waals surface area contributed by atoms with Crippen molar-refractivity contribution in [2.24, 2.45) is 0 Å². The molecule has 0 heterocycles. The van der Waals surface area contributed by atoms with Crippen LogP contribution in [0.15, 0.2) is 121 Å². The van der Waals surface area contributed by atoms with Gasteiger partial charge in [0.2, 0.25) is 0 Å². The summed E-state index contributed by atoms with van der Waals surface area (Å²) in [4.78, 5) is 0. The van der Waals surface area contributed by atoms with Crippen molar-refractivity contribution in [1.29, 1.82) is 0 Å². The van der Waals surface area contributed by atoms with E-state index in [9.17, 15) is 0 Å². The van der Waals surface area contributed by atoms with E-state index in [0.29, 0.717) is 11.8 Å². The van der Waals surface area contributed by atoms with Crippen molar-refractivity contribution in [2.45, 2.75) is 67.2 Å². The van der Waals surface area contributed by atoms with Gasteiger partial charge in [-0.25, -0.2) is 0 Å². The smallest absolute Gasteiger partial charge is 0.00197 e. The third kappa shape index (κ3) is 4.65. The van der Waals surface area contributed by atoms with Crippen LogP contribution < -0.4 is 0 Å². The molecule has 0 bridgehead atoms. The van der Waals surface area contributed by atoms with Gasteiger partial charge in [-0.1, -0.05) is 136 Å². The van der Waals surface area contributed by atoms with E-state index in [-0.39, 0.29) is 0 Å². The molecule has 0 atom stereocenters. The van der Waals surface area contributed by atoms with Crippen LogP contribution in [0.1, 0.15) is 72.9 Å². The number of rotatable bonds is 4. The highest BCUT2D eigenvalue weighted by Gasteiger charge is 2.22. The van der Waals surface area contributed by atoms with Crippen LogP contribution in [0.4, 0.5) is 0 Å². The zero-order valence-electron chi connectivity index (χ0n) is 33.7. The van der Waals surface area contributed by atoms with E-state index in [1.807, 2.05) is 0 Å². The maximum atomic E-state index is 2.53. The largest absolute Gasteiger partial charge is 0.0590 e. The first kappa shape index (κ1) is 33.4. The Labute approximate surface area is 329 Å². The summed E-state index contributed by atoms with van der Waals surface area (Å²) in [6, 6.07) is 47.9. The van der Waals surface area contributed by atoms with Crippen molar-refractivity contribution in [3.63, 3.8) is 0 Å². The van der Waals surface area contributed by atoms with Gasteiger partial charge >= 0.3 is 0 Å². The summed E-state index contributed by atoms with van der Waals surface area (Å²) in [5.41, 5.74) is 13.2. The second-order valence-corrected chi connectivity index (χ2v) is 17.6. The molecule has 0 saturated heterocycles. The molecule has 0 N–H and O–H groups in total. The molecule has 56 heavy (non-hydrogen) atoms. The van der Waals surface area contributed by atoms with E-state index in [1.54, 1.807) is 0 Å². The van der Waals surface area contributed by atoms with Gasteiger partial charge in [-0.15, -0.1) is 0 Å². The first-order valence-electron chi connectivity index (χ1n) is 20.5. The highest BCUT2D eigenvalue weighted by atomic mass is 14.2. The van der Waals surface area contributed by atoms with Gasteiger partial charge in [0.05, 0.1) is 0 Å². The molecule has 11 rings (SSSR count). The van der Waals surface area contributed by atoms with Gasteiger partial charge in [-0.05, 0) is 194 Å². The summed E-state index contributed by atoms with van der Waals surface area (Å²) in [5.74, 6) is 0.840. The van der Waals surface area contributed by atoms with E-state index in [1.165, 1.54) is 142 Å². The van der Waals surface area contributed by atoms with E-state index in [0.717, 1.165) is 0 Å². The molecule has 0 aliphatic heterocycles. The lowest BCUT2D eigenvalue weighted by Crippen LogP contribution is -1.90. The number of hydrogen-bond donors (Lipinski definition) is 0.